The fourth-order valence-corrected chi connectivity index (χ4v) is 3.17. The number of amides is 1. The molecule has 0 fully saturated rings. The monoisotopic (exact) mass is 494 g/mol. The molecule has 0 atom stereocenters. The third kappa shape index (κ3) is 4.56. The van der Waals surface area contributed by atoms with Crippen molar-refractivity contribution >= 4 is 45.7 Å². The van der Waals surface area contributed by atoms with Crippen molar-refractivity contribution in [2.24, 2.45) is 5.10 Å². The Kier molecular flexibility index (Phi) is 6.40. The van der Waals surface area contributed by atoms with Crippen molar-refractivity contribution in [1.29, 1.82) is 0 Å². The first-order valence-corrected chi connectivity index (χ1v) is 9.74. The Morgan fingerprint density at radius 2 is 2.00 bits per heavy atom. The average Bonchev–Trinajstić information content (AvgIpc) is 3.09. The molecule has 0 aliphatic rings. The highest BCUT2D eigenvalue weighted by Crippen LogP contribution is 2.32. The van der Waals surface area contributed by atoms with Crippen LogP contribution in [0, 0.1) is 3.57 Å². The van der Waals surface area contributed by atoms with Gasteiger partial charge in [0.15, 0.2) is 17.3 Å². The number of ether oxygens (including phenoxy) is 2. The predicted molar refractivity (Wildman–Crippen MR) is 114 cm³/mol. The zero-order valence-electron chi connectivity index (χ0n) is 15.4. The van der Waals surface area contributed by atoms with Gasteiger partial charge in [-0.2, -0.15) is 5.10 Å². The van der Waals surface area contributed by atoms with Crippen LogP contribution >= 0.6 is 22.6 Å². The Hall–Kier alpha value is -2.75. The van der Waals surface area contributed by atoms with E-state index >= 15 is 0 Å². The van der Waals surface area contributed by atoms with Gasteiger partial charge in [-0.05, 0) is 78.4 Å². The maximum absolute atomic E-state index is 12.3. The van der Waals surface area contributed by atoms with Gasteiger partial charge in [0, 0.05) is 5.39 Å². The van der Waals surface area contributed by atoms with Crippen molar-refractivity contribution < 1.29 is 23.8 Å². The van der Waals surface area contributed by atoms with Gasteiger partial charge in [-0.3, -0.25) is 4.79 Å². The minimum atomic E-state index is -0.469. The number of phenols is 1. The van der Waals surface area contributed by atoms with E-state index in [9.17, 15) is 9.90 Å². The summed E-state index contributed by atoms with van der Waals surface area (Å²) in [6.45, 7) is 4.73. The molecule has 0 bridgehead atoms. The molecule has 2 aromatic carbocycles. The molecule has 146 valence electrons. The second-order valence-corrected chi connectivity index (χ2v) is 6.89. The number of phenolic OH excluding ortho intramolecular Hbond substituents is 1. The van der Waals surface area contributed by atoms with Crippen molar-refractivity contribution in [3.63, 3.8) is 0 Å². The van der Waals surface area contributed by atoms with Gasteiger partial charge in [0.2, 0.25) is 0 Å². The van der Waals surface area contributed by atoms with E-state index in [2.05, 4.69) is 10.5 Å². The SMILES string of the molecule is CCOc1ccc2oc(C(=O)N/N=C/c3cc(I)c(O)c(OCC)c3)cc2c1. The quantitative estimate of drug-likeness (QED) is 0.290. The molecule has 0 unspecified atom stereocenters. The molecule has 0 saturated carbocycles. The summed E-state index contributed by atoms with van der Waals surface area (Å²) in [7, 11) is 0. The number of hydrogen-bond acceptors (Lipinski definition) is 6. The van der Waals surface area contributed by atoms with Crippen LogP contribution < -0.4 is 14.9 Å². The summed E-state index contributed by atoms with van der Waals surface area (Å²) < 4.78 is 17.0. The number of hydrogen-bond donors (Lipinski definition) is 2. The largest absolute Gasteiger partial charge is 0.504 e. The number of nitrogens with one attached hydrogen (secondary N) is 1. The Balaban J connectivity index is 1.72. The topological polar surface area (TPSA) is 93.3 Å². The second kappa shape index (κ2) is 8.96. The van der Waals surface area contributed by atoms with Crippen LogP contribution in [0.5, 0.6) is 17.2 Å². The number of fused-ring (bicyclic) bond motifs is 1. The Labute approximate surface area is 175 Å². The number of carbonyl (C=O) groups excluding carboxylic acids is 1. The van der Waals surface area contributed by atoms with Gasteiger partial charge < -0.3 is 19.0 Å². The van der Waals surface area contributed by atoms with Crippen LogP contribution in [0.4, 0.5) is 0 Å². The number of rotatable bonds is 7. The number of halogens is 1. The summed E-state index contributed by atoms with van der Waals surface area (Å²) >= 11 is 2.00. The molecule has 1 amide bonds. The molecule has 0 saturated heterocycles. The maximum atomic E-state index is 12.3. The molecule has 3 rings (SSSR count). The molecule has 28 heavy (non-hydrogen) atoms. The average molecular weight is 494 g/mol. The minimum absolute atomic E-state index is 0.0809. The van der Waals surface area contributed by atoms with Crippen LogP contribution in [0.25, 0.3) is 11.0 Å². The van der Waals surface area contributed by atoms with Crippen molar-refractivity contribution in [2.45, 2.75) is 13.8 Å². The highest BCUT2D eigenvalue weighted by molar-refractivity contribution is 14.1. The van der Waals surface area contributed by atoms with E-state index in [0.717, 1.165) is 5.39 Å². The normalized spacial score (nSPS) is 11.1. The smallest absolute Gasteiger partial charge is 0.307 e. The molecule has 1 aromatic heterocycles. The third-order valence-corrected chi connectivity index (χ3v) is 4.58. The van der Waals surface area contributed by atoms with Gasteiger partial charge in [-0.25, -0.2) is 5.43 Å². The summed E-state index contributed by atoms with van der Waals surface area (Å²) in [6, 6.07) is 10.4. The van der Waals surface area contributed by atoms with Crippen LogP contribution in [0.15, 0.2) is 45.9 Å². The molecule has 3 aromatic rings. The summed E-state index contributed by atoms with van der Waals surface area (Å²) in [4.78, 5) is 12.3. The van der Waals surface area contributed by atoms with E-state index in [4.69, 9.17) is 13.9 Å². The Bertz CT molecular complexity index is 1030. The number of carbonyl (C=O) groups is 1. The Morgan fingerprint density at radius 1 is 1.21 bits per heavy atom. The van der Waals surface area contributed by atoms with E-state index in [1.54, 1.807) is 30.3 Å². The maximum Gasteiger partial charge on any atom is 0.307 e. The van der Waals surface area contributed by atoms with E-state index in [-0.39, 0.29) is 11.5 Å². The van der Waals surface area contributed by atoms with Crippen LogP contribution in [-0.4, -0.2) is 30.4 Å². The third-order valence-electron chi connectivity index (χ3n) is 3.75. The summed E-state index contributed by atoms with van der Waals surface area (Å²) in [5, 5.41) is 14.7. The van der Waals surface area contributed by atoms with Crippen molar-refractivity contribution in [3.05, 3.63) is 51.3 Å². The Morgan fingerprint density at radius 3 is 2.75 bits per heavy atom. The number of aromatic hydroxyl groups is 1. The highest BCUT2D eigenvalue weighted by Gasteiger charge is 2.12. The lowest BCUT2D eigenvalue weighted by atomic mass is 10.2. The van der Waals surface area contributed by atoms with Crippen LogP contribution in [0.3, 0.4) is 0 Å². The summed E-state index contributed by atoms with van der Waals surface area (Å²) in [5.41, 5.74) is 3.70. The first-order valence-electron chi connectivity index (χ1n) is 8.67. The summed E-state index contributed by atoms with van der Waals surface area (Å²) in [5.74, 6) is 0.842. The molecule has 0 aliphatic heterocycles. The van der Waals surface area contributed by atoms with Crippen LogP contribution in [-0.2, 0) is 0 Å². The molecule has 1 heterocycles. The van der Waals surface area contributed by atoms with Crippen molar-refractivity contribution in [1.82, 2.24) is 5.43 Å². The lowest BCUT2D eigenvalue weighted by Crippen LogP contribution is -2.16. The van der Waals surface area contributed by atoms with Crippen molar-refractivity contribution in [2.75, 3.05) is 13.2 Å². The van der Waals surface area contributed by atoms with Gasteiger partial charge in [-0.1, -0.05) is 0 Å². The van der Waals surface area contributed by atoms with E-state index in [1.165, 1.54) is 6.21 Å². The summed E-state index contributed by atoms with van der Waals surface area (Å²) in [6.07, 6.45) is 1.47. The van der Waals surface area contributed by atoms with E-state index in [1.807, 2.05) is 42.5 Å². The molecule has 0 aliphatic carbocycles. The molecule has 7 nitrogen and oxygen atoms in total. The zero-order valence-corrected chi connectivity index (χ0v) is 17.5. The van der Waals surface area contributed by atoms with Crippen molar-refractivity contribution in [3.8, 4) is 17.2 Å². The van der Waals surface area contributed by atoms with E-state index in [0.29, 0.717) is 39.4 Å². The van der Waals surface area contributed by atoms with Crippen LogP contribution in [0.1, 0.15) is 30.0 Å². The standard InChI is InChI=1S/C20H19IN2O5/c1-3-26-14-5-6-16-13(9-14)10-18(28-16)20(25)23-22-11-12-7-15(21)19(24)17(8-12)27-4-2/h5-11,24H,3-4H2,1-2H3,(H,23,25)/b22-11+. The lowest BCUT2D eigenvalue weighted by molar-refractivity contribution is 0.0929. The number of furan rings is 1. The number of nitrogens with zero attached hydrogens (tertiary/aromatic N) is 1. The molecular formula is C20H19IN2O5. The minimum Gasteiger partial charge on any atom is -0.504 e. The zero-order chi connectivity index (χ0) is 20.1. The first-order chi connectivity index (χ1) is 13.5. The van der Waals surface area contributed by atoms with Gasteiger partial charge in [0.05, 0.1) is 23.0 Å². The fourth-order valence-electron chi connectivity index (χ4n) is 2.54. The molecular weight excluding hydrogens is 475 g/mol. The molecule has 2 N–H and O–H groups in total. The number of hydrazone groups is 1. The lowest BCUT2D eigenvalue weighted by Gasteiger charge is -2.08. The molecule has 0 radical (unpaired) electrons. The molecule has 8 heteroatoms. The molecule has 0 spiro atoms. The van der Waals surface area contributed by atoms with Gasteiger partial charge in [0.1, 0.15) is 11.3 Å². The van der Waals surface area contributed by atoms with Gasteiger partial charge in [0.25, 0.3) is 0 Å². The predicted octanol–water partition coefficient (Wildman–Crippen LogP) is 4.30. The highest BCUT2D eigenvalue weighted by atomic mass is 127. The number of benzene rings is 2. The second-order valence-electron chi connectivity index (χ2n) is 5.72. The van der Waals surface area contributed by atoms with E-state index < -0.39 is 5.91 Å². The van der Waals surface area contributed by atoms with Gasteiger partial charge >= 0.3 is 5.91 Å². The van der Waals surface area contributed by atoms with Gasteiger partial charge in [-0.15, -0.1) is 0 Å². The van der Waals surface area contributed by atoms with Crippen LogP contribution in [0.2, 0.25) is 0 Å². The fraction of sp³-hybridized carbons (Fsp3) is 0.200. The first kappa shape index (κ1) is 20.0.